The Labute approximate surface area is 198 Å². The first-order valence-electron chi connectivity index (χ1n) is 10.2. The minimum atomic E-state index is -4.17. The lowest BCUT2D eigenvalue weighted by Crippen LogP contribution is -2.38. The molecule has 0 aromatic heterocycles. The molecule has 10 heteroatoms. The summed E-state index contributed by atoms with van der Waals surface area (Å²) in [6, 6.07) is 17.0. The molecule has 0 aliphatic carbocycles. The molecule has 0 aliphatic heterocycles. The molecule has 9 nitrogen and oxygen atoms in total. The quantitative estimate of drug-likeness (QED) is 0.482. The van der Waals surface area contributed by atoms with Gasteiger partial charge in [-0.1, -0.05) is 23.8 Å². The Morgan fingerprint density at radius 2 is 1.62 bits per heavy atom. The van der Waals surface area contributed by atoms with Crippen LogP contribution < -0.4 is 24.8 Å². The number of anilines is 2. The number of aryl methyl sites for hydroxylation is 1. The van der Waals surface area contributed by atoms with E-state index < -0.39 is 28.4 Å². The van der Waals surface area contributed by atoms with Crippen LogP contribution in [-0.2, 0) is 14.8 Å². The topological polar surface area (TPSA) is 128 Å². The van der Waals surface area contributed by atoms with Gasteiger partial charge >= 0.3 is 0 Å². The number of rotatable bonds is 9. The van der Waals surface area contributed by atoms with Crippen LogP contribution in [-0.4, -0.2) is 41.0 Å². The maximum absolute atomic E-state index is 13.6. The molecule has 0 aliphatic rings. The number of hydrogen-bond donors (Lipinski definition) is 2. The first-order chi connectivity index (χ1) is 16.1. The van der Waals surface area contributed by atoms with Gasteiger partial charge in [0, 0.05) is 17.3 Å². The minimum absolute atomic E-state index is 0.0748. The minimum Gasteiger partial charge on any atom is -0.493 e. The molecular formula is C24H25N3O6S. The van der Waals surface area contributed by atoms with E-state index in [9.17, 15) is 18.0 Å². The number of primary amides is 1. The number of nitrogens with one attached hydrogen (secondary N) is 1. The van der Waals surface area contributed by atoms with Gasteiger partial charge in [0.2, 0.25) is 11.8 Å². The molecule has 0 heterocycles. The van der Waals surface area contributed by atoms with Crippen molar-refractivity contribution in [3.8, 4) is 11.5 Å². The normalized spacial score (nSPS) is 10.9. The molecule has 0 spiro atoms. The number of carbonyl (C=O) groups excluding carboxylic acids is 2. The summed E-state index contributed by atoms with van der Waals surface area (Å²) in [5.74, 6) is -0.643. The van der Waals surface area contributed by atoms with Crippen molar-refractivity contribution in [3.05, 3.63) is 77.9 Å². The summed E-state index contributed by atoms with van der Waals surface area (Å²) in [5, 5.41) is 2.62. The second-order valence-electron chi connectivity index (χ2n) is 7.36. The summed E-state index contributed by atoms with van der Waals surface area (Å²) in [4.78, 5) is 24.2. The number of ether oxygens (including phenoxy) is 2. The highest BCUT2D eigenvalue weighted by molar-refractivity contribution is 7.92. The zero-order valence-corrected chi connectivity index (χ0v) is 19.8. The summed E-state index contributed by atoms with van der Waals surface area (Å²) >= 11 is 0. The molecular weight excluding hydrogens is 458 g/mol. The lowest BCUT2D eigenvalue weighted by Gasteiger charge is -2.24. The molecule has 34 heavy (non-hydrogen) atoms. The van der Waals surface area contributed by atoms with Crippen molar-refractivity contribution in [2.24, 2.45) is 5.73 Å². The van der Waals surface area contributed by atoms with Crippen LogP contribution in [0, 0.1) is 6.92 Å². The van der Waals surface area contributed by atoms with Crippen LogP contribution >= 0.6 is 0 Å². The molecule has 0 bridgehead atoms. The Bertz CT molecular complexity index is 1310. The van der Waals surface area contributed by atoms with E-state index in [1.807, 2.05) is 6.92 Å². The number of hydrogen-bond acceptors (Lipinski definition) is 6. The molecule has 3 N–H and O–H groups in total. The van der Waals surface area contributed by atoms with Gasteiger partial charge in [0.05, 0.1) is 24.8 Å². The van der Waals surface area contributed by atoms with Gasteiger partial charge in [-0.3, -0.25) is 13.9 Å². The molecule has 0 saturated carbocycles. The van der Waals surface area contributed by atoms with E-state index in [1.165, 1.54) is 44.6 Å². The third-order valence-corrected chi connectivity index (χ3v) is 6.75. The lowest BCUT2D eigenvalue weighted by molar-refractivity contribution is -0.114. The molecule has 3 aromatic rings. The molecule has 0 radical (unpaired) electrons. The lowest BCUT2D eigenvalue weighted by atomic mass is 10.2. The number of amides is 2. The van der Waals surface area contributed by atoms with Gasteiger partial charge in [-0.05, 0) is 49.4 Å². The number of carbonyl (C=O) groups is 2. The molecule has 0 saturated heterocycles. The third-order valence-electron chi connectivity index (χ3n) is 4.98. The van der Waals surface area contributed by atoms with E-state index in [1.54, 1.807) is 36.4 Å². The molecule has 0 fully saturated rings. The Hall–Kier alpha value is -4.05. The van der Waals surface area contributed by atoms with Crippen molar-refractivity contribution in [2.45, 2.75) is 11.8 Å². The molecule has 178 valence electrons. The fraction of sp³-hybridized carbons (Fsp3) is 0.167. The van der Waals surface area contributed by atoms with Crippen LogP contribution in [0.3, 0.4) is 0 Å². The third kappa shape index (κ3) is 5.46. The van der Waals surface area contributed by atoms with Gasteiger partial charge in [-0.15, -0.1) is 0 Å². The molecule has 0 unspecified atom stereocenters. The first-order valence-corrected chi connectivity index (χ1v) is 11.6. The second-order valence-corrected chi connectivity index (χ2v) is 9.22. The highest BCUT2D eigenvalue weighted by atomic mass is 32.2. The summed E-state index contributed by atoms with van der Waals surface area (Å²) in [6.45, 7) is 1.36. The Kier molecular flexibility index (Phi) is 7.42. The van der Waals surface area contributed by atoms with Gasteiger partial charge in [-0.25, -0.2) is 8.42 Å². The van der Waals surface area contributed by atoms with Crippen LogP contribution in [0.15, 0.2) is 71.6 Å². The maximum atomic E-state index is 13.6. The van der Waals surface area contributed by atoms with E-state index in [2.05, 4.69) is 5.32 Å². The summed E-state index contributed by atoms with van der Waals surface area (Å²) in [5.41, 5.74) is 7.05. The smallest absolute Gasteiger partial charge is 0.264 e. The van der Waals surface area contributed by atoms with Crippen LogP contribution in [0.1, 0.15) is 15.9 Å². The highest BCUT2D eigenvalue weighted by Crippen LogP contribution is 2.32. The van der Waals surface area contributed by atoms with Crippen molar-refractivity contribution >= 4 is 33.2 Å². The standard InChI is InChI=1S/C24H25N3O6S/c1-16-7-9-19(10-8-16)27(15-23(28)26-18-6-4-5-17(13-18)24(25)29)34(30,31)20-11-12-21(32-2)22(14-20)33-3/h4-14H,15H2,1-3H3,(H2,25,29)(H,26,28). The predicted molar refractivity (Wildman–Crippen MR) is 129 cm³/mol. The van der Waals surface area contributed by atoms with Crippen molar-refractivity contribution in [2.75, 3.05) is 30.4 Å². The van der Waals surface area contributed by atoms with Crippen molar-refractivity contribution in [1.82, 2.24) is 0 Å². The van der Waals surface area contributed by atoms with E-state index in [0.29, 0.717) is 17.1 Å². The van der Waals surface area contributed by atoms with Crippen molar-refractivity contribution in [1.29, 1.82) is 0 Å². The van der Waals surface area contributed by atoms with E-state index >= 15 is 0 Å². The Balaban J connectivity index is 1.97. The van der Waals surface area contributed by atoms with Gasteiger partial charge in [0.1, 0.15) is 6.54 Å². The molecule has 0 atom stereocenters. The average molecular weight is 484 g/mol. The Morgan fingerprint density at radius 1 is 0.941 bits per heavy atom. The fourth-order valence-corrected chi connectivity index (χ4v) is 4.65. The number of benzene rings is 3. The van der Waals surface area contributed by atoms with Gasteiger partial charge in [-0.2, -0.15) is 0 Å². The number of nitrogens with two attached hydrogens (primary N) is 1. The van der Waals surface area contributed by atoms with Crippen LogP contribution in [0.25, 0.3) is 0 Å². The zero-order valence-electron chi connectivity index (χ0n) is 18.9. The fourth-order valence-electron chi connectivity index (χ4n) is 3.21. The number of methoxy groups -OCH3 is 2. The average Bonchev–Trinajstić information content (AvgIpc) is 2.82. The summed E-state index contributed by atoms with van der Waals surface area (Å²) in [7, 11) is -1.32. The van der Waals surface area contributed by atoms with E-state index in [0.717, 1.165) is 9.87 Å². The van der Waals surface area contributed by atoms with Crippen molar-refractivity contribution < 1.29 is 27.5 Å². The van der Waals surface area contributed by atoms with E-state index in [-0.39, 0.29) is 16.2 Å². The number of nitrogens with zero attached hydrogens (tertiary/aromatic N) is 1. The number of sulfonamides is 1. The SMILES string of the molecule is COc1ccc(S(=O)(=O)N(CC(=O)Nc2cccc(C(N)=O)c2)c2ccc(C)cc2)cc1OC. The van der Waals surface area contributed by atoms with E-state index in [4.69, 9.17) is 15.2 Å². The zero-order chi connectivity index (χ0) is 24.9. The Morgan fingerprint density at radius 3 is 2.24 bits per heavy atom. The van der Waals surface area contributed by atoms with Gasteiger partial charge < -0.3 is 20.5 Å². The monoisotopic (exact) mass is 483 g/mol. The van der Waals surface area contributed by atoms with Gasteiger partial charge in [0.15, 0.2) is 11.5 Å². The van der Waals surface area contributed by atoms with Crippen LogP contribution in [0.4, 0.5) is 11.4 Å². The molecule has 3 aromatic carbocycles. The van der Waals surface area contributed by atoms with Crippen LogP contribution in [0.5, 0.6) is 11.5 Å². The largest absolute Gasteiger partial charge is 0.493 e. The van der Waals surface area contributed by atoms with Crippen LogP contribution in [0.2, 0.25) is 0 Å². The molecule has 2 amide bonds. The summed E-state index contributed by atoms with van der Waals surface area (Å²) in [6.07, 6.45) is 0. The molecule has 3 rings (SSSR count). The second kappa shape index (κ2) is 10.3. The van der Waals surface area contributed by atoms with Gasteiger partial charge in [0.25, 0.3) is 10.0 Å². The maximum Gasteiger partial charge on any atom is 0.264 e. The predicted octanol–water partition coefficient (Wildman–Crippen LogP) is 2.95. The highest BCUT2D eigenvalue weighted by Gasteiger charge is 2.28. The summed E-state index contributed by atoms with van der Waals surface area (Å²) < 4.78 is 38.6. The van der Waals surface area contributed by atoms with Crippen molar-refractivity contribution in [3.63, 3.8) is 0 Å². The first kappa shape index (κ1) is 24.6.